The average Bonchev–Trinajstić information content (AvgIpc) is 3.52. The van der Waals surface area contributed by atoms with Crippen molar-refractivity contribution in [3.8, 4) is 0 Å². The molecule has 0 fully saturated rings. The quantitative estimate of drug-likeness (QED) is 0.368. The molecule has 0 aliphatic carbocycles. The van der Waals surface area contributed by atoms with Gasteiger partial charge in [-0.3, -0.25) is 29.8 Å². The van der Waals surface area contributed by atoms with Gasteiger partial charge in [-0.2, -0.15) is 11.3 Å². The lowest BCUT2D eigenvalue weighted by atomic mass is 10.2. The highest BCUT2D eigenvalue weighted by molar-refractivity contribution is 7.07. The second kappa shape index (κ2) is 10.3. The predicted octanol–water partition coefficient (Wildman–Crippen LogP) is 1.27. The first kappa shape index (κ1) is 23.2. The first-order valence-electron chi connectivity index (χ1n) is 10.8. The minimum absolute atomic E-state index is 0.193. The fraction of sp³-hybridized carbons (Fsp3) is 0.261. The molecule has 0 atom stereocenters. The highest BCUT2D eigenvalue weighted by Crippen LogP contribution is 2.10. The summed E-state index contributed by atoms with van der Waals surface area (Å²) in [6.07, 6.45) is 2.25. The molecule has 4 aromatic rings. The van der Waals surface area contributed by atoms with E-state index in [9.17, 15) is 19.2 Å². The minimum Gasteiger partial charge on any atom is -0.325 e. The highest BCUT2D eigenvalue weighted by atomic mass is 32.1. The third kappa shape index (κ3) is 4.99. The first-order chi connectivity index (χ1) is 16.5. The summed E-state index contributed by atoms with van der Waals surface area (Å²) < 4.78 is 3.89. The van der Waals surface area contributed by atoms with Gasteiger partial charge in [0.15, 0.2) is 11.2 Å². The molecule has 0 aliphatic heterocycles. The summed E-state index contributed by atoms with van der Waals surface area (Å²) >= 11 is 1.55. The molecule has 0 aliphatic rings. The highest BCUT2D eigenvalue weighted by Gasteiger charge is 2.19. The lowest BCUT2D eigenvalue weighted by molar-refractivity contribution is -0.129. The molecule has 0 unspecified atom stereocenters. The van der Waals surface area contributed by atoms with Crippen molar-refractivity contribution in [2.24, 2.45) is 0 Å². The number of nitrogens with zero attached hydrogens (tertiary/aromatic N) is 4. The maximum atomic E-state index is 13.2. The van der Waals surface area contributed by atoms with Crippen LogP contribution in [0.4, 0.5) is 0 Å². The van der Waals surface area contributed by atoms with Crippen LogP contribution in [0.1, 0.15) is 24.5 Å². The Morgan fingerprint density at radius 2 is 1.76 bits per heavy atom. The predicted molar refractivity (Wildman–Crippen MR) is 128 cm³/mol. The molecule has 4 rings (SSSR count). The topological polar surface area (TPSA) is 120 Å². The van der Waals surface area contributed by atoms with Crippen LogP contribution in [0.5, 0.6) is 0 Å². The average molecular weight is 481 g/mol. The van der Waals surface area contributed by atoms with Crippen molar-refractivity contribution in [3.05, 3.63) is 85.5 Å². The van der Waals surface area contributed by atoms with Crippen LogP contribution in [0.25, 0.3) is 11.2 Å². The summed E-state index contributed by atoms with van der Waals surface area (Å²) in [5.41, 5.74) is 5.76. The smallest absolute Gasteiger partial charge is 0.325 e. The molecule has 0 spiro atoms. The van der Waals surface area contributed by atoms with Gasteiger partial charge in [0.25, 0.3) is 11.5 Å². The molecule has 2 N–H and O–H groups in total. The molecule has 0 bridgehead atoms. The van der Waals surface area contributed by atoms with E-state index in [0.29, 0.717) is 13.0 Å². The molecule has 1 aromatic carbocycles. The number of carbonyl (C=O) groups is 2. The van der Waals surface area contributed by atoms with Crippen molar-refractivity contribution in [1.82, 2.24) is 29.5 Å². The molecule has 34 heavy (non-hydrogen) atoms. The number of hydrazine groups is 1. The second-order valence-corrected chi connectivity index (χ2v) is 8.46. The lowest BCUT2D eigenvalue weighted by Gasteiger charge is -2.13. The number of rotatable bonds is 8. The van der Waals surface area contributed by atoms with Crippen LogP contribution in [0.2, 0.25) is 0 Å². The normalized spacial score (nSPS) is 11.0. The van der Waals surface area contributed by atoms with E-state index in [1.807, 2.05) is 54.1 Å². The van der Waals surface area contributed by atoms with E-state index in [1.165, 1.54) is 10.9 Å². The fourth-order valence-electron chi connectivity index (χ4n) is 3.60. The van der Waals surface area contributed by atoms with Crippen molar-refractivity contribution in [2.45, 2.75) is 39.4 Å². The Balaban J connectivity index is 1.55. The van der Waals surface area contributed by atoms with E-state index in [0.717, 1.165) is 15.7 Å². The minimum atomic E-state index is -0.684. The number of nitrogens with one attached hydrogen (secondary N) is 2. The zero-order chi connectivity index (χ0) is 24.1. The SMILES string of the molecule is CCn1cnc2c1c(=O)n(CC(=O)NNC(=O)CCc1ccsc1)c(=O)n2Cc1ccccc1. The Morgan fingerprint density at radius 3 is 2.47 bits per heavy atom. The van der Waals surface area contributed by atoms with Crippen molar-refractivity contribution >= 4 is 34.3 Å². The van der Waals surface area contributed by atoms with Gasteiger partial charge in [-0.05, 0) is 41.3 Å². The number of hydrogen-bond acceptors (Lipinski definition) is 6. The Hall–Kier alpha value is -3.99. The molecule has 3 heterocycles. The molecule has 3 aromatic heterocycles. The molecule has 0 saturated heterocycles. The third-order valence-electron chi connectivity index (χ3n) is 5.37. The van der Waals surface area contributed by atoms with Crippen LogP contribution in [0.15, 0.2) is 63.1 Å². The summed E-state index contributed by atoms with van der Waals surface area (Å²) in [5, 5.41) is 3.88. The lowest BCUT2D eigenvalue weighted by Crippen LogP contribution is -2.48. The summed E-state index contributed by atoms with van der Waals surface area (Å²) in [6, 6.07) is 11.2. The maximum absolute atomic E-state index is 13.2. The van der Waals surface area contributed by atoms with E-state index in [1.54, 1.807) is 15.9 Å². The van der Waals surface area contributed by atoms with Gasteiger partial charge in [0, 0.05) is 13.0 Å². The van der Waals surface area contributed by atoms with Crippen molar-refractivity contribution < 1.29 is 9.59 Å². The summed E-state index contributed by atoms with van der Waals surface area (Å²) in [5.74, 6) is -1.05. The number of benzene rings is 1. The summed E-state index contributed by atoms with van der Waals surface area (Å²) in [7, 11) is 0. The molecule has 2 amide bonds. The van der Waals surface area contributed by atoms with Gasteiger partial charge in [-0.15, -0.1) is 0 Å². The molecular formula is C23H24N6O4S. The number of amides is 2. The Kier molecular flexibility index (Phi) is 7.02. The van der Waals surface area contributed by atoms with Gasteiger partial charge >= 0.3 is 5.69 Å². The largest absolute Gasteiger partial charge is 0.333 e. The van der Waals surface area contributed by atoms with Crippen LogP contribution >= 0.6 is 11.3 Å². The van der Waals surface area contributed by atoms with Gasteiger partial charge in [0.05, 0.1) is 12.9 Å². The van der Waals surface area contributed by atoms with E-state index < -0.39 is 23.7 Å². The van der Waals surface area contributed by atoms with Crippen LogP contribution < -0.4 is 22.1 Å². The number of thiophene rings is 1. The molecule has 11 heteroatoms. The zero-order valence-electron chi connectivity index (χ0n) is 18.6. The van der Waals surface area contributed by atoms with Crippen LogP contribution in [-0.2, 0) is 35.6 Å². The summed E-state index contributed by atoms with van der Waals surface area (Å²) in [6.45, 7) is 1.98. The maximum Gasteiger partial charge on any atom is 0.333 e. The van der Waals surface area contributed by atoms with E-state index in [-0.39, 0.29) is 30.0 Å². The van der Waals surface area contributed by atoms with Crippen molar-refractivity contribution in [3.63, 3.8) is 0 Å². The Labute approximate surface area is 198 Å². The number of carbonyl (C=O) groups excluding carboxylic acids is 2. The van der Waals surface area contributed by atoms with Crippen LogP contribution in [-0.4, -0.2) is 30.5 Å². The van der Waals surface area contributed by atoms with Crippen LogP contribution in [0, 0.1) is 0 Å². The molecule has 0 saturated carbocycles. The second-order valence-electron chi connectivity index (χ2n) is 7.68. The van der Waals surface area contributed by atoms with E-state index in [2.05, 4.69) is 15.8 Å². The number of fused-ring (bicyclic) bond motifs is 1. The number of aromatic nitrogens is 4. The first-order valence-corrected chi connectivity index (χ1v) is 11.7. The van der Waals surface area contributed by atoms with Gasteiger partial charge in [0.2, 0.25) is 5.91 Å². The van der Waals surface area contributed by atoms with Crippen LogP contribution in [0.3, 0.4) is 0 Å². The molecule has 0 radical (unpaired) electrons. The zero-order valence-corrected chi connectivity index (χ0v) is 19.4. The van der Waals surface area contributed by atoms with E-state index >= 15 is 0 Å². The Bertz CT molecular complexity index is 1420. The van der Waals surface area contributed by atoms with Gasteiger partial charge < -0.3 is 4.57 Å². The Morgan fingerprint density at radius 1 is 1.00 bits per heavy atom. The van der Waals surface area contributed by atoms with E-state index in [4.69, 9.17) is 0 Å². The molecular weight excluding hydrogens is 456 g/mol. The molecule has 176 valence electrons. The fourth-order valence-corrected chi connectivity index (χ4v) is 4.31. The number of hydrogen-bond donors (Lipinski definition) is 2. The van der Waals surface area contributed by atoms with Crippen molar-refractivity contribution in [2.75, 3.05) is 0 Å². The molecule has 10 nitrogen and oxygen atoms in total. The monoisotopic (exact) mass is 480 g/mol. The third-order valence-corrected chi connectivity index (χ3v) is 6.10. The van der Waals surface area contributed by atoms with Gasteiger partial charge in [-0.1, -0.05) is 30.3 Å². The number of imidazole rings is 1. The van der Waals surface area contributed by atoms with Gasteiger partial charge in [0.1, 0.15) is 6.54 Å². The summed E-state index contributed by atoms with van der Waals surface area (Å²) in [4.78, 5) is 55.2. The number of aryl methyl sites for hydroxylation is 2. The van der Waals surface area contributed by atoms with Crippen molar-refractivity contribution in [1.29, 1.82) is 0 Å². The standard InChI is InChI=1S/C23H24N6O4S/c1-2-27-15-24-21-20(27)22(32)29(23(33)28(21)12-16-6-4-3-5-7-16)13-19(31)26-25-18(30)9-8-17-10-11-34-14-17/h3-7,10-11,14-15H,2,8-9,12-13H2,1H3,(H,25,30)(H,26,31). The van der Waals surface area contributed by atoms with Gasteiger partial charge in [-0.25, -0.2) is 14.3 Å².